The highest BCUT2D eigenvalue weighted by Crippen LogP contribution is 2.27. The number of nitrogens with zero attached hydrogens (tertiary/aromatic N) is 2. The van der Waals surface area contributed by atoms with Crippen LogP contribution in [0.1, 0.15) is 51.4 Å². The molecule has 1 heterocycles. The first kappa shape index (κ1) is 16.7. The van der Waals surface area contributed by atoms with Crippen LogP contribution < -0.4 is 0 Å². The molecule has 0 radical (unpaired) electrons. The van der Waals surface area contributed by atoms with Gasteiger partial charge in [-0.25, -0.2) is 0 Å². The third-order valence-corrected chi connectivity index (χ3v) is 6.73. The van der Waals surface area contributed by atoms with Gasteiger partial charge in [-0.2, -0.15) is 17.0 Å². The molecular formula is C14H26N2O4S. The molecule has 1 saturated heterocycles. The Morgan fingerprint density at radius 3 is 2.48 bits per heavy atom. The molecule has 122 valence electrons. The number of hydrogen-bond donors (Lipinski definition) is 1. The molecule has 2 aliphatic rings. The van der Waals surface area contributed by atoms with E-state index in [0.29, 0.717) is 13.1 Å². The minimum Gasteiger partial charge on any atom is -0.481 e. The van der Waals surface area contributed by atoms with E-state index in [-0.39, 0.29) is 18.4 Å². The van der Waals surface area contributed by atoms with Crippen molar-refractivity contribution >= 4 is 16.2 Å². The highest BCUT2D eigenvalue weighted by molar-refractivity contribution is 7.86. The van der Waals surface area contributed by atoms with Crippen LogP contribution in [0.25, 0.3) is 0 Å². The van der Waals surface area contributed by atoms with Gasteiger partial charge in [0, 0.05) is 32.6 Å². The Morgan fingerprint density at radius 1 is 1.19 bits per heavy atom. The molecular weight excluding hydrogens is 292 g/mol. The molecule has 2 fully saturated rings. The molecule has 1 saturated carbocycles. The first-order valence-corrected chi connectivity index (χ1v) is 9.26. The zero-order chi connectivity index (χ0) is 15.5. The summed E-state index contributed by atoms with van der Waals surface area (Å²) >= 11 is 0. The van der Waals surface area contributed by atoms with Gasteiger partial charge < -0.3 is 5.11 Å². The lowest BCUT2D eigenvalue weighted by atomic mass is 9.96. The van der Waals surface area contributed by atoms with E-state index in [2.05, 4.69) is 0 Å². The van der Waals surface area contributed by atoms with Crippen molar-refractivity contribution in [2.75, 3.05) is 20.1 Å². The van der Waals surface area contributed by atoms with Gasteiger partial charge in [-0.1, -0.05) is 19.3 Å². The van der Waals surface area contributed by atoms with Gasteiger partial charge in [-0.3, -0.25) is 4.79 Å². The van der Waals surface area contributed by atoms with E-state index in [4.69, 9.17) is 5.11 Å². The highest BCUT2D eigenvalue weighted by Gasteiger charge is 2.35. The van der Waals surface area contributed by atoms with Crippen molar-refractivity contribution in [3.8, 4) is 0 Å². The van der Waals surface area contributed by atoms with Crippen molar-refractivity contribution in [1.29, 1.82) is 0 Å². The highest BCUT2D eigenvalue weighted by atomic mass is 32.2. The van der Waals surface area contributed by atoms with Gasteiger partial charge in [-0.15, -0.1) is 0 Å². The normalized spacial score (nSPS) is 26.1. The summed E-state index contributed by atoms with van der Waals surface area (Å²) in [6, 6.07) is 0.101. The molecule has 1 atom stereocenters. The molecule has 1 unspecified atom stereocenters. The molecule has 6 nitrogen and oxygen atoms in total. The Labute approximate surface area is 127 Å². The molecule has 1 N–H and O–H groups in total. The van der Waals surface area contributed by atoms with Crippen LogP contribution in [-0.2, 0) is 15.0 Å². The summed E-state index contributed by atoms with van der Waals surface area (Å²) in [6.07, 6.45) is 6.83. The van der Waals surface area contributed by atoms with Crippen LogP contribution in [-0.4, -0.2) is 54.3 Å². The molecule has 7 heteroatoms. The molecule has 21 heavy (non-hydrogen) atoms. The Hall–Kier alpha value is -0.660. The van der Waals surface area contributed by atoms with Crippen molar-refractivity contribution in [2.45, 2.75) is 57.4 Å². The lowest BCUT2D eigenvalue weighted by molar-refractivity contribution is -0.138. The van der Waals surface area contributed by atoms with Crippen molar-refractivity contribution in [1.82, 2.24) is 8.61 Å². The topological polar surface area (TPSA) is 77.9 Å². The molecule has 2 rings (SSSR count). The second-order valence-corrected chi connectivity index (χ2v) is 8.27. The van der Waals surface area contributed by atoms with Gasteiger partial charge in [0.1, 0.15) is 0 Å². The third-order valence-electron chi connectivity index (χ3n) is 4.72. The fraction of sp³-hybridized carbons (Fsp3) is 0.929. The number of carboxylic acid groups (broad SMARTS) is 1. The van der Waals surface area contributed by atoms with Gasteiger partial charge in [0.2, 0.25) is 0 Å². The monoisotopic (exact) mass is 318 g/mol. The summed E-state index contributed by atoms with van der Waals surface area (Å²) in [5.41, 5.74) is 0. The standard InChI is InChI=1S/C14H26N2O4S/c1-15(13-7-3-2-4-8-13)21(19,20)16-9-5-6-12(11-16)10-14(17)18/h12-13H,2-11H2,1H3,(H,17,18). The van der Waals surface area contributed by atoms with E-state index in [1.54, 1.807) is 7.05 Å². The third kappa shape index (κ3) is 4.17. The van der Waals surface area contributed by atoms with Crippen molar-refractivity contribution in [3.63, 3.8) is 0 Å². The summed E-state index contributed by atoms with van der Waals surface area (Å²) in [7, 11) is -1.78. The van der Waals surface area contributed by atoms with Crippen molar-refractivity contribution in [3.05, 3.63) is 0 Å². The number of aliphatic carboxylic acids is 1. The predicted octanol–water partition coefficient (Wildman–Crippen LogP) is 1.68. The molecule has 0 aromatic rings. The number of hydrogen-bond acceptors (Lipinski definition) is 3. The largest absolute Gasteiger partial charge is 0.481 e. The van der Waals surface area contributed by atoms with E-state index in [9.17, 15) is 13.2 Å². The quantitative estimate of drug-likeness (QED) is 0.836. The maximum absolute atomic E-state index is 12.7. The van der Waals surface area contributed by atoms with E-state index in [1.807, 2.05) is 0 Å². The molecule has 0 amide bonds. The Bertz CT molecular complexity index is 460. The summed E-state index contributed by atoms with van der Waals surface area (Å²) in [4.78, 5) is 10.8. The molecule has 1 aliphatic carbocycles. The summed E-state index contributed by atoms with van der Waals surface area (Å²) in [5.74, 6) is -0.911. The molecule has 0 aromatic heterocycles. The van der Waals surface area contributed by atoms with Gasteiger partial charge in [-0.05, 0) is 31.6 Å². The Kier molecular flexibility index (Phi) is 5.62. The van der Waals surface area contributed by atoms with E-state index < -0.39 is 16.2 Å². The SMILES string of the molecule is CN(C1CCCCC1)S(=O)(=O)N1CCCC(CC(=O)O)C1. The van der Waals surface area contributed by atoms with Crippen LogP contribution in [0.2, 0.25) is 0 Å². The maximum atomic E-state index is 12.7. The maximum Gasteiger partial charge on any atom is 0.303 e. The predicted molar refractivity (Wildman–Crippen MR) is 80.1 cm³/mol. The van der Waals surface area contributed by atoms with Crippen LogP contribution in [0, 0.1) is 5.92 Å². The van der Waals surface area contributed by atoms with Crippen molar-refractivity contribution in [2.24, 2.45) is 5.92 Å². The van der Waals surface area contributed by atoms with Crippen molar-refractivity contribution < 1.29 is 18.3 Å². The number of carboxylic acids is 1. The molecule has 1 aliphatic heterocycles. The fourth-order valence-corrected chi connectivity index (χ4v) is 5.18. The summed E-state index contributed by atoms with van der Waals surface area (Å²) in [6.45, 7) is 0.848. The molecule has 0 aromatic carbocycles. The molecule has 0 spiro atoms. The van der Waals surface area contributed by atoms with Gasteiger partial charge in [0.25, 0.3) is 10.2 Å². The lowest BCUT2D eigenvalue weighted by Crippen LogP contribution is -2.50. The Morgan fingerprint density at radius 2 is 1.86 bits per heavy atom. The zero-order valence-corrected chi connectivity index (χ0v) is 13.5. The fourth-order valence-electron chi connectivity index (χ4n) is 3.47. The Balaban J connectivity index is 2.01. The summed E-state index contributed by atoms with van der Waals surface area (Å²) < 4.78 is 28.4. The first-order chi connectivity index (χ1) is 9.91. The number of carbonyl (C=O) groups is 1. The second kappa shape index (κ2) is 7.07. The van der Waals surface area contributed by atoms with E-state index >= 15 is 0 Å². The van der Waals surface area contributed by atoms with E-state index in [1.165, 1.54) is 15.0 Å². The van der Waals surface area contributed by atoms with Gasteiger partial charge in [0.15, 0.2) is 0 Å². The summed E-state index contributed by atoms with van der Waals surface area (Å²) in [5, 5.41) is 8.89. The lowest BCUT2D eigenvalue weighted by Gasteiger charge is -2.37. The average Bonchev–Trinajstić information content (AvgIpc) is 2.47. The van der Waals surface area contributed by atoms with Crippen LogP contribution in [0.5, 0.6) is 0 Å². The van der Waals surface area contributed by atoms with Gasteiger partial charge in [0.05, 0.1) is 0 Å². The van der Waals surface area contributed by atoms with Gasteiger partial charge >= 0.3 is 5.97 Å². The van der Waals surface area contributed by atoms with Crippen LogP contribution in [0.15, 0.2) is 0 Å². The second-order valence-electron chi connectivity index (χ2n) is 6.28. The van der Waals surface area contributed by atoms with Crippen LogP contribution in [0.3, 0.4) is 0 Å². The zero-order valence-electron chi connectivity index (χ0n) is 12.7. The minimum atomic E-state index is -3.46. The van der Waals surface area contributed by atoms with Crippen LogP contribution >= 0.6 is 0 Å². The van der Waals surface area contributed by atoms with E-state index in [0.717, 1.165) is 38.5 Å². The number of rotatable bonds is 5. The number of piperidine rings is 1. The minimum absolute atomic E-state index is 0.0547. The smallest absolute Gasteiger partial charge is 0.303 e. The average molecular weight is 318 g/mol. The first-order valence-electron chi connectivity index (χ1n) is 7.86. The molecule has 0 bridgehead atoms. The van der Waals surface area contributed by atoms with Crippen LogP contribution in [0.4, 0.5) is 0 Å².